The molecule has 136 valence electrons. The molecule has 0 saturated carbocycles. The van der Waals surface area contributed by atoms with Crippen LogP contribution in [-0.4, -0.2) is 55.7 Å². The summed E-state index contributed by atoms with van der Waals surface area (Å²) >= 11 is 3.03. The summed E-state index contributed by atoms with van der Waals surface area (Å²) in [4.78, 5) is 13.3. The van der Waals surface area contributed by atoms with E-state index in [-0.39, 0.29) is 35.5 Å². The Bertz CT molecular complexity index is 547. The Labute approximate surface area is 151 Å². The van der Waals surface area contributed by atoms with Crippen LogP contribution in [-0.2, 0) is 0 Å². The number of carbonyl (C=O) groups excluding carboxylic acids is 1. The molecule has 1 heterocycles. The number of nitrogens with one attached hydrogen (secondary N) is 2. The Morgan fingerprint density at radius 3 is 2.50 bits per heavy atom. The summed E-state index contributed by atoms with van der Waals surface area (Å²) in [5, 5.41) is 5.17. The van der Waals surface area contributed by atoms with E-state index >= 15 is 0 Å². The molecule has 1 fully saturated rings. The first-order valence-corrected chi connectivity index (χ1v) is 7.83. The van der Waals surface area contributed by atoms with Gasteiger partial charge in [0.2, 0.25) is 0 Å². The minimum atomic E-state index is -4.48. The van der Waals surface area contributed by atoms with Crippen LogP contribution in [0.3, 0.4) is 0 Å². The Hall–Kier alpha value is -0.900. The molecule has 1 amide bonds. The highest BCUT2D eigenvalue weighted by Crippen LogP contribution is 2.25. The average Bonchev–Trinajstić information content (AvgIpc) is 2.47. The molecule has 1 saturated heterocycles. The fourth-order valence-corrected chi connectivity index (χ4v) is 2.96. The van der Waals surface area contributed by atoms with Crippen LogP contribution >= 0.6 is 28.3 Å². The van der Waals surface area contributed by atoms with Crippen molar-refractivity contribution in [2.75, 3.05) is 32.7 Å². The molecule has 2 N–H and O–H groups in total. The first-order chi connectivity index (χ1) is 10.8. The van der Waals surface area contributed by atoms with Gasteiger partial charge in [-0.1, -0.05) is 6.07 Å². The normalized spacial score (nSPS) is 17.0. The Morgan fingerprint density at radius 2 is 1.96 bits per heavy atom. The monoisotopic (exact) mass is 433 g/mol. The van der Waals surface area contributed by atoms with Gasteiger partial charge in [0.05, 0.1) is 5.56 Å². The van der Waals surface area contributed by atoms with E-state index in [1.54, 1.807) is 0 Å². The maximum atomic E-state index is 13.7. The molecule has 10 heteroatoms. The van der Waals surface area contributed by atoms with Crippen LogP contribution in [0.5, 0.6) is 0 Å². The minimum absolute atomic E-state index is 0. The Kier molecular flexibility index (Phi) is 7.91. The molecule has 2 rings (SSSR count). The lowest BCUT2D eigenvalue weighted by Gasteiger charge is -2.35. The fraction of sp³-hybridized carbons (Fsp3) is 0.500. The SMILES string of the molecule is Cl.O=C(NCC(N1CCNCC1)C(F)(F)F)c1c(F)cccc1Br. The van der Waals surface area contributed by atoms with Crippen LogP contribution in [0.1, 0.15) is 10.4 Å². The second kappa shape index (κ2) is 8.98. The maximum absolute atomic E-state index is 13.7. The second-order valence-electron chi connectivity index (χ2n) is 5.15. The van der Waals surface area contributed by atoms with Crippen LogP contribution in [0.25, 0.3) is 0 Å². The molecule has 1 atom stereocenters. The molecule has 0 bridgehead atoms. The lowest BCUT2D eigenvalue weighted by molar-refractivity contribution is -0.183. The third-order valence-electron chi connectivity index (χ3n) is 3.62. The number of amides is 1. The highest BCUT2D eigenvalue weighted by atomic mass is 79.9. The van der Waals surface area contributed by atoms with Gasteiger partial charge in [0.25, 0.3) is 5.91 Å². The Balaban J connectivity index is 0.00000288. The summed E-state index contributed by atoms with van der Waals surface area (Å²) < 4.78 is 53.5. The van der Waals surface area contributed by atoms with Crippen LogP contribution in [0.15, 0.2) is 22.7 Å². The number of alkyl halides is 3. The number of halogens is 6. The first kappa shape index (κ1) is 21.1. The summed E-state index contributed by atoms with van der Waals surface area (Å²) in [6.07, 6.45) is -4.48. The molecule has 24 heavy (non-hydrogen) atoms. The van der Waals surface area contributed by atoms with Crippen molar-refractivity contribution in [3.05, 3.63) is 34.1 Å². The number of piperazine rings is 1. The van der Waals surface area contributed by atoms with Gasteiger partial charge < -0.3 is 10.6 Å². The van der Waals surface area contributed by atoms with Crippen molar-refractivity contribution in [1.29, 1.82) is 0 Å². The van der Waals surface area contributed by atoms with Crippen LogP contribution in [0.4, 0.5) is 17.6 Å². The third kappa shape index (κ3) is 5.30. The molecule has 1 aliphatic rings. The topological polar surface area (TPSA) is 44.4 Å². The number of hydrogen-bond acceptors (Lipinski definition) is 3. The van der Waals surface area contributed by atoms with E-state index in [2.05, 4.69) is 26.6 Å². The van der Waals surface area contributed by atoms with Gasteiger partial charge in [-0.05, 0) is 28.1 Å². The molecule has 1 aromatic carbocycles. The molecule has 0 spiro atoms. The molecule has 0 aliphatic carbocycles. The zero-order valence-electron chi connectivity index (χ0n) is 12.5. The van der Waals surface area contributed by atoms with Gasteiger partial charge in [-0.3, -0.25) is 9.69 Å². The van der Waals surface area contributed by atoms with Gasteiger partial charge >= 0.3 is 6.18 Å². The second-order valence-corrected chi connectivity index (χ2v) is 6.00. The summed E-state index contributed by atoms with van der Waals surface area (Å²) in [6.45, 7) is 0.773. The summed E-state index contributed by atoms with van der Waals surface area (Å²) in [7, 11) is 0. The standard InChI is InChI=1S/C14H16BrF4N3O.ClH/c15-9-2-1-3-10(16)12(9)13(23)21-8-11(14(17,18)19)22-6-4-20-5-7-22;/h1-3,11,20H,4-8H2,(H,21,23);1H. The van der Waals surface area contributed by atoms with Gasteiger partial charge in [-0.15, -0.1) is 12.4 Å². The number of benzene rings is 1. The van der Waals surface area contributed by atoms with E-state index < -0.39 is 30.5 Å². The Morgan fingerprint density at radius 1 is 1.33 bits per heavy atom. The van der Waals surface area contributed by atoms with E-state index in [0.29, 0.717) is 13.1 Å². The van der Waals surface area contributed by atoms with Gasteiger partial charge in [0, 0.05) is 37.2 Å². The van der Waals surface area contributed by atoms with E-state index in [1.807, 2.05) is 0 Å². The van der Waals surface area contributed by atoms with Gasteiger partial charge in [-0.2, -0.15) is 13.2 Å². The van der Waals surface area contributed by atoms with Crippen LogP contribution < -0.4 is 10.6 Å². The van der Waals surface area contributed by atoms with Crippen molar-refractivity contribution >= 4 is 34.2 Å². The molecule has 1 unspecified atom stereocenters. The van der Waals surface area contributed by atoms with E-state index in [9.17, 15) is 22.4 Å². The molecular formula is C14H17BrClF4N3O. The highest BCUT2D eigenvalue weighted by molar-refractivity contribution is 9.10. The molecular weight excluding hydrogens is 418 g/mol. The number of carbonyl (C=O) groups is 1. The number of rotatable bonds is 4. The van der Waals surface area contributed by atoms with Crippen molar-refractivity contribution < 1.29 is 22.4 Å². The quantitative estimate of drug-likeness (QED) is 0.716. The molecule has 4 nitrogen and oxygen atoms in total. The van der Waals surface area contributed by atoms with Gasteiger partial charge in [0.15, 0.2) is 0 Å². The van der Waals surface area contributed by atoms with Crippen molar-refractivity contribution in [2.24, 2.45) is 0 Å². The maximum Gasteiger partial charge on any atom is 0.405 e. The third-order valence-corrected chi connectivity index (χ3v) is 4.28. The van der Waals surface area contributed by atoms with Crippen LogP contribution in [0.2, 0.25) is 0 Å². The minimum Gasteiger partial charge on any atom is -0.350 e. The lowest BCUT2D eigenvalue weighted by atomic mass is 10.1. The zero-order chi connectivity index (χ0) is 17.0. The van der Waals surface area contributed by atoms with Crippen molar-refractivity contribution in [1.82, 2.24) is 15.5 Å². The van der Waals surface area contributed by atoms with E-state index in [0.717, 1.165) is 6.07 Å². The van der Waals surface area contributed by atoms with Crippen molar-refractivity contribution in [2.45, 2.75) is 12.2 Å². The average molecular weight is 435 g/mol. The van der Waals surface area contributed by atoms with Crippen LogP contribution in [0, 0.1) is 5.82 Å². The van der Waals surface area contributed by atoms with Gasteiger partial charge in [-0.25, -0.2) is 4.39 Å². The number of nitrogens with zero attached hydrogens (tertiary/aromatic N) is 1. The fourth-order valence-electron chi connectivity index (χ4n) is 2.44. The largest absolute Gasteiger partial charge is 0.405 e. The molecule has 1 aromatic rings. The van der Waals surface area contributed by atoms with E-state index in [4.69, 9.17) is 0 Å². The highest BCUT2D eigenvalue weighted by Gasteiger charge is 2.43. The predicted octanol–water partition coefficient (Wildman–Crippen LogP) is 2.58. The first-order valence-electron chi connectivity index (χ1n) is 7.04. The zero-order valence-corrected chi connectivity index (χ0v) is 14.9. The predicted molar refractivity (Wildman–Crippen MR) is 88.0 cm³/mol. The smallest absolute Gasteiger partial charge is 0.350 e. The van der Waals surface area contributed by atoms with E-state index in [1.165, 1.54) is 17.0 Å². The number of hydrogen-bond donors (Lipinski definition) is 2. The lowest BCUT2D eigenvalue weighted by Crippen LogP contribution is -2.57. The summed E-state index contributed by atoms with van der Waals surface area (Å²) in [6, 6.07) is 2.14. The molecule has 0 radical (unpaired) electrons. The molecule has 1 aliphatic heterocycles. The van der Waals surface area contributed by atoms with Crippen molar-refractivity contribution in [3.63, 3.8) is 0 Å². The van der Waals surface area contributed by atoms with Crippen molar-refractivity contribution in [3.8, 4) is 0 Å². The summed E-state index contributed by atoms with van der Waals surface area (Å²) in [5.41, 5.74) is -0.297. The molecule has 0 aromatic heterocycles. The summed E-state index contributed by atoms with van der Waals surface area (Å²) in [5.74, 6) is -1.66. The van der Waals surface area contributed by atoms with Gasteiger partial charge in [0.1, 0.15) is 11.9 Å².